The molecule has 0 aliphatic heterocycles. The Hall–Kier alpha value is -4.94. The minimum Gasteiger partial charge on any atom is -0.481 e. The average molecular weight is 553 g/mol. The fourth-order valence-electron chi connectivity index (χ4n) is 3.97. The number of carboxylic acids is 1. The van der Waals surface area contributed by atoms with E-state index >= 15 is 0 Å². The van der Waals surface area contributed by atoms with Gasteiger partial charge in [0.2, 0.25) is 17.7 Å². The fraction of sp³-hybridized carbons (Fsp3) is 0.333. The molecule has 0 spiro atoms. The van der Waals surface area contributed by atoms with E-state index < -0.39 is 48.1 Å². The summed E-state index contributed by atoms with van der Waals surface area (Å²) in [7, 11) is 0. The zero-order valence-electron chi connectivity index (χ0n) is 22.0. The van der Waals surface area contributed by atoms with Crippen LogP contribution in [-0.2, 0) is 25.6 Å². The predicted octanol–water partition coefficient (Wildman–Crippen LogP) is -0.330. The lowest BCUT2D eigenvalue weighted by Gasteiger charge is -2.24. The number of benzene rings is 2. The zero-order chi connectivity index (χ0) is 29.7. The number of aliphatic carboxylic acids is 1. The molecule has 2 aromatic rings. The van der Waals surface area contributed by atoms with Gasteiger partial charge >= 0.3 is 5.97 Å². The van der Waals surface area contributed by atoms with E-state index in [1.54, 1.807) is 54.6 Å². The van der Waals surface area contributed by atoms with Gasteiger partial charge in [0.25, 0.3) is 0 Å². The summed E-state index contributed by atoms with van der Waals surface area (Å²) < 4.78 is 0. The Labute approximate surface area is 231 Å². The van der Waals surface area contributed by atoms with Gasteiger partial charge in [-0.3, -0.25) is 29.6 Å². The van der Waals surface area contributed by atoms with Gasteiger partial charge in [0.15, 0.2) is 5.96 Å². The van der Waals surface area contributed by atoms with Crippen molar-refractivity contribution in [1.82, 2.24) is 10.6 Å². The highest BCUT2D eigenvalue weighted by Crippen LogP contribution is 2.22. The average Bonchev–Trinajstić information content (AvgIpc) is 2.91. The standard InChI is InChI=1S/C27H36N8O5/c28-23(29)18-10-8-16(9-11-18)15-19(17-5-2-1-3-6-17)25(39)35-21(12-13-22(36)37)26(40)34-20(24(30)38)7-4-14-33-27(31)32/h1-3,5-6,8-11,19-21H,4,7,12-15H2,(H3,28,29)(H2,30,38)(H,34,40)(H,35,39)(H,36,37)(H4,31,32,33)/t19?,20-,21-/m0/s1. The maximum absolute atomic E-state index is 13.6. The number of guanidine groups is 1. The second kappa shape index (κ2) is 15.5. The normalized spacial score (nSPS) is 12.8. The molecular weight excluding hydrogens is 516 g/mol. The molecule has 2 rings (SSSR count). The van der Waals surface area contributed by atoms with E-state index in [0.717, 1.165) is 5.56 Å². The van der Waals surface area contributed by atoms with Crippen molar-refractivity contribution in [3.63, 3.8) is 0 Å². The number of amides is 3. The van der Waals surface area contributed by atoms with E-state index in [0.29, 0.717) is 17.5 Å². The van der Waals surface area contributed by atoms with Gasteiger partial charge in [0, 0.05) is 18.5 Å². The highest BCUT2D eigenvalue weighted by atomic mass is 16.4. The Morgan fingerprint density at radius 3 is 2.02 bits per heavy atom. The number of nitrogens with zero attached hydrogens (tertiary/aromatic N) is 1. The summed E-state index contributed by atoms with van der Waals surface area (Å²) in [6, 6.07) is 13.5. The number of aliphatic imine (C=N–C) groups is 1. The molecular formula is C27H36N8O5. The van der Waals surface area contributed by atoms with E-state index in [2.05, 4.69) is 15.6 Å². The predicted molar refractivity (Wildman–Crippen MR) is 150 cm³/mol. The summed E-state index contributed by atoms with van der Waals surface area (Å²) in [4.78, 5) is 53.7. The van der Waals surface area contributed by atoms with Crippen molar-refractivity contribution in [1.29, 1.82) is 5.41 Å². The van der Waals surface area contributed by atoms with Crippen molar-refractivity contribution in [3.8, 4) is 0 Å². The molecule has 0 aliphatic rings. The largest absolute Gasteiger partial charge is 0.481 e. The maximum atomic E-state index is 13.6. The summed E-state index contributed by atoms with van der Waals surface area (Å²) in [6.07, 6.45) is 0.139. The van der Waals surface area contributed by atoms with Gasteiger partial charge in [-0.05, 0) is 36.8 Å². The number of nitrogens with two attached hydrogens (primary N) is 4. The third kappa shape index (κ3) is 10.4. The van der Waals surface area contributed by atoms with Crippen LogP contribution in [0.2, 0.25) is 0 Å². The first-order chi connectivity index (χ1) is 19.0. The van der Waals surface area contributed by atoms with E-state index in [1.165, 1.54) is 0 Å². The second-order valence-corrected chi connectivity index (χ2v) is 9.18. The number of hydrogen-bond acceptors (Lipinski definition) is 6. The molecule has 3 atom stereocenters. The summed E-state index contributed by atoms with van der Waals surface area (Å²) in [5.41, 5.74) is 23.6. The van der Waals surface area contributed by atoms with E-state index in [9.17, 15) is 24.3 Å². The molecule has 214 valence electrons. The quantitative estimate of drug-likeness (QED) is 0.0775. The van der Waals surface area contributed by atoms with Gasteiger partial charge in [-0.15, -0.1) is 0 Å². The molecule has 0 aliphatic carbocycles. The zero-order valence-corrected chi connectivity index (χ0v) is 22.0. The highest BCUT2D eigenvalue weighted by Gasteiger charge is 2.29. The molecule has 0 heterocycles. The Bertz CT molecular complexity index is 1210. The number of hydrogen-bond donors (Lipinski definition) is 8. The fourth-order valence-corrected chi connectivity index (χ4v) is 3.97. The van der Waals surface area contributed by atoms with Gasteiger partial charge in [0.1, 0.15) is 17.9 Å². The van der Waals surface area contributed by atoms with Gasteiger partial charge in [0.05, 0.1) is 5.92 Å². The molecule has 13 heteroatoms. The second-order valence-electron chi connectivity index (χ2n) is 9.18. The number of primary amides is 1. The summed E-state index contributed by atoms with van der Waals surface area (Å²) >= 11 is 0. The molecule has 0 saturated carbocycles. The summed E-state index contributed by atoms with van der Waals surface area (Å²) in [5, 5.41) is 22.0. The van der Waals surface area contributed by atoms with Crippen molar-refractivity contribution in [2.45, 2.75) is 50.1 Å². The number of nitrogens with one attached hydrogen (secondary N) is 3. The molecule has 3 amide bonds. The number of nitrogen functional groups attached to an aromatic ring is 1. The minimum atomic E-state index is -1.24. The van der Waals surface area contributed by atoms with Gasteiger partial charge < -0.3 is 38.7 Å². The Morgan fingerprint density at radius 1 is 0.850 bits per heavy atom. The van der Waals surface area contributed by atoms with Crippen LogP contribution in [-0.4, -0.2) is 59.2 Å². The molecule has 13 nitrogen and oxygen atoms in total. The van der Waals surface area contributed by atoms with Crippen LogP contribution < -0.4 is 33.6 Å². The summed E-state index contributed by atoms with van der Waals surface area (Å²) in [5.74, 6) is -4.11. The van der Waals surface area contributed by atoms with Crippen molar-refractivity contribution in [3.05, 3.63) is 71.3 Å². The molecule has 0 aromatic heterocycles. The van der Waals surface area contributed by atoms with Crippen molar-refractivity contribution in [2.75, 3.05) is 6.54 Å². The van der Waals surface area contributed by atoms with Crippen LogP contribution in [0.5, 0.6) is 0 Å². The first-order valence-electron chi connectivity index (χ1n) is 12.6. The minimum absolute atomic E-state index is 0.0818. The smallest absolute Gasteiger partial charge is 0.303 e. The molecule has 0 radical (unpaired) electrons. The molecule has 1 unspecified atom stereocenters. The first kappa shape index (κ1) is 31.3. The highest BCUT2D eigenvalue weighted by molar-refractivity contribution is 5.95. The van der Waals surface area contributed by atoms with Crippen molar-refractivity contribution >= 4 is 35.5 Å². The topological polar surface area (TPSA) is 253 Å². The molecule has 0 bridgehead atoms. The lowest BCUT2D eigenvalue weighted by Crippen LogP contribution is -2.53. The molecule has 2 aromatic carbocycles. The van der Waals surface area contributed by atoms with Gasteiger partial charge in [-0.2, -0.15) is 0 Å². The molecule has 12 N–H and O–H groups in total. The third-order valence-electron chi connectivity index (χ3n) is 6.11. The molecule has 40 heavy (non-hydrogen) atoms. The van der Waals surface area contributed by atoms with Crippen LogP contribution in [0.3, 0.4) is 0 Å². The Kier molecular flexibility index (Phi) is 12.1. The number of carboxylic acid groups (broad SMARTS) is 1. The number of carbonyl (C=O) groups is 4. The summed E-state index contributed by atoms with van der Waals surface area (Å²) in [6.45, 7) is 0.216. The maximum Gasteiger partial charge on any atom is 0.303 e. The molecule has 0 fully saturated rings. The van der Waals surface area contributed by atoms with Crippen LogP contribution in [0.1, 0.15) is 48.3 Å². The van der Waals surface area contributed by atoms with E-state index in [1.807, 2.05) is 0 Å². The number of rotatable bonds is 16. The van der Waals surface area contributed by atoms with Crippen molar-refractivity contribution in [2.24, 2.45) is 27.9 Å². The van der Waals surface area contributed by atoms with E-state index in [4.69, 9.17) is 28.3 Å². The number of carbonyl (C=O) groups excluding carboxylic acids is 3. The Morgan fingerprint density at radius 2 is 1.48 bits per heavy atom. The lowest BCUT2D eigenvalue weighted by molar-refractivity contribution is -0.138. The Balaban J connectivity index is 2.24. The monoisotopic (exact) mass is 552 g/mol. The van der Waals surface area contributed by atoms with Crippen LogP contribution in [0, 0.1) is 5.41 Å². The van der Waals surface area contributed by atoms with Crippen LogP contribution in [0.15, 0.2) is 59.6 Å². The molecule has 0 saturated heterocycles. The van der Waals surface area contributed by atoms with Crippen LogP contribution in [0.4, 0.5) is 0 Å². The first-order valence-corrected chi connectivity index (χ1v) is 12.6. The number of amidine groups is 1. The van der Waals surface area contributed by atoms with Gasteiger partial charge in [-0.1, -0.05) is 54.6 Å². The lowest BCUT2D eigenvalue weighted by atomic mass is 9.90. The van der Waals surface area contributed by atoms with Crippen molar-refractivity contribution < 1.29 is 24.3 Å². The van der Waals surface area contributed by atoms with E-state index in [-0.39, 0.29) is 37.6 Å². The van der Waals surface area contributed by atoms with Gasteiger partial charge in [-0.25, -0.2) is 0 Å². The van der Waals surface area contributed by atoms with Crippen LogP contribution >= 0.6 is 0 Å². The third-order valence-corrected chi connectivity index (χ3v) is 6.11. The SMILES string of the molecule is N=C(N)c1ccc(CC(C(=O)N[C@@H](CCC(=O)O)C(=O)N[C@@H](CCCN=C(N)N)C(N)=O)c2ccccc2)cc1. The van der Waals surface area contributed by atoms with Crippen LogP contribution in [0.25, 0.3) is 0 Å².